The number of rotatable bonds is 7. The van der Waals surface area contributed by atoms with Gasteiger partial charge >= 0.3 is 0 Å². The van der Waals surface area contributed by atoms with Crippen LogP contribution >= 0.6 is 0 Å². The van der Waals surface area contributed by atoms with Crippen molar-refractivity contribution in [1.29, 1.82) is 0 Å². The van der Waals surface area contributed by atoms with Crippen molar-refractivity contribution in [2.75, 3.05) is 0 Å². The number of benzene rings is 9. The van der Waals surface area contributed by atoms with Crippen LogP contribution in [0.1, 0.15) is 22.7 Å². The van der Waals surface area contributed by atoms with Crippen LogP contribution in [-0.4, -0.2) is 9.55 Å². The lowest BCUT2D eigenvalue weighted by atomic mass is 9.89. The number of pyridine rings is 1. The fourth-order valence-electron chi connectivity index (χ4n) is 9.58. The third-order valence-corrected chi connectivity index (χ3v) is 12.6. The maximum Gasteiger partial charge on any atom is 0.0800 e. The van der Waals surface area contributed by atoms with Gasteiger partial charge < -0.3 is 9.88 Å². The molecule has 0 amide bonds. The highest BCUT2D eigenvalue weighted by Gasteiger charge is 2.21. The predicted octanol–water partition coefficient (Wildman–Crippen LogP) is 15.3. The quantitative estimate of drug-likeness (QED) is 0.163. The van der Waals surface area contributed by atoms with Crippen LogP contribution in [-0.2, 0) is 0 Å². The Bertz CT molecular complexity index is 3510. The van der Waals surface area contributed by atoms with Crippen molar-refractivity contribution >= 4 is 54.8 Å². The predicted molar refractivity (Wildman–Crippen MR) is 265 cm³/mol. The Morgan fingerprint density at radius 3 is 1.70 bits per heavy atom. The average molecular weight is 804 g/mol. The van der Waals surface area contributed by atoms with E-state index in [9.17, 15) is 0 Å². The minimum Gasteiger partial charge on any atom is -0.374 e. The minimum absolute atomic E-state index is 0.0630. The van der Waals surface area contributed by atoms with Crippen molar-refractivity contribution in [3.05, 3.63) is 253 Å². The molecule has 1 N–H and O–H groups in total. The molecule has 0 fully saturated rings. The number of hydrogen-bond acceptors (Lipinski definition) is 2. The molecule has 0 bridgehead atoms. The first kappa shape index (κ1) is 36.6. The van der Waals surface area contributed by atoms with Gasteiger partial charge in [0.05, 0.1) is 28.3 Å². The van der Waals surface area contributed by atoms with Gasteiger partial charge in [0.15, 0.2) is 0 Å². The van der Waals surface area contributed by atoms with Gasteiger partial charge in [-0.05, 0) is 98.3 Å². The van der Waals surface area contributed by atoms with Gasteiger partial charge in [-0.15, -0.1) is 0 Å². The Kier molecular flexibility index (Phi) is 8.90. The molecule has 63 heavy (non-hydrogen) atoms. The summed E-state index contributed by atoms with van der Waals surface area (Å²) in [5, 5.41) is 9.99. The molecule has 0 spiro atoms. The van der Waals surface area contributed by atoms with Crippen molar-refractivity contribution in [1.82, 2.24) is 14.9 Å². The summed E-state index contributed by atoms with van der Waals surface area (Å²) in [6.45, 7) is 0. The normalized spacial score (nSPS) is 13.9. The maximum atomic E-state index is 5.49. The lowest BCUT2D eigenvalue weighted by molar-refractivity contribution is 0.767. The van der Waals surface area contributed by atoms with E-state index in [2.05, 4.69) is 246 Å². The van der Waals surface area contributed by atoms with Crippen LogP contribution in [0.4, 0.5) is 0 Å². The van der Waals surface area contributed by atoms with Crippen molar-refractivity contribution in [2.24, 2.45) is 0 Å². The van der Waals surface area contributed by atoms with E-state index in [1.165, 1.54) is 65.8 Å². The van der Waals surface area contributed by atoms with Crippen LogP contribution in [0.2, 0.25) is 0 Å². The van der Waals surface area contributed by atoms with Crippen LogP contribution < -0.4 is 5.32 Å². The van der Waals surface area contributed by atoms with E-state index >= 15 is 0 Å². The molecule has 3 nitrogen and oxygen atoms in total. The summed E-state index contributed by atoms with van der Waals surface area (Å²) in [6.07, 6.45) is 4.67. The van der Waals surface area contributed by atoms with E-state index in [4.69, 9.17) is 4.98 Å². The van der Waals surface area contributed by atoms with Gasteiger partial charge in [-0.3, -0.25) is 0 Å². The molecule has 296 valence electrons. The zero-order valence-corrected chi connectivity index (χ0v) is 34.5. The first-order valence-corrected chi connectivity index (χ1v) is 21.7. The van der Waals surface area contributed by atoms with Gasteiger partial charge in [-0.1, -0.05) is 188 Å². The van der Waals surface area contributed by atoms with Gasteiger partial charge in [0.2, 0.25) is 0 Å². The number of para-hydroxylation sites is 2. The molecular formula is C60H41N3. The number of dihydropyridines is 1. The Morgan fingerprint density at radius 1 is 0.429 bits per heavy atom. The standard InChI is InChI=1S/C60H41N3/c1-4-17-40(18-5-1)52-39-56(43-21-8-3-9-22-43)62-60-53(36-46-23-10-11-26-49(46)59(52)60)41-31-33-44(34-32-41)55-38-47(37-54(61-55)42-19-6-2-7-20-42)45-24-16-25-48(35-45)63-57-29-14-12-27-50(57)51-28-13-15-30-58(51)63/h1-39,55,61H. The summed E-state index contributed by atoms with van der Waals surface area (Å²) < 4.78 is 2.39. The number of hydrogen-bond donors (Lipinski definition) is 1. The molecule has 0 saturated carbocycles. The van der Waals surface area contributed by atoms with Crippen LogP contribution in [0.3, 0.4) is 0 Å². The zero-order chi connectivity index (χ0) is 41.7. The molecule has 0 radical (unpaired) electrons. The zero-order valence-electron chi connectivity index (χ0n) is 34.5. The first-order valence-electron chi connectivity index (χ1n) is 21.7. The Morgan fingerprint density at radius 2 is 1.00 bits per heavy atom. The van der Waals surface area contributed by atoms with Crippen LogP contribution in [0, 0.1) is 0 Å². The molecule has 1 aliphatic rings. The highest BCUT2D eigenvalue weighted by atomic mass is 15.0. The van der Waals surface area contributed by atoms with E-state index in [1.807, 2.05) is 0 Å². The topological polar surface area (TPSA) is 29.9 Å². The molecule has 11 aromatic rings. The summed E-state index contributed by atoms with van der Waals surface area (Å²) in [7, 11) is 0. The smallest absolute Gasteiger partial charge is 0.0800 e. The molecule has 2 aromatic heterocycles. The average Bonchev–Trinajstić information content (AvgIpc) is 3.71. The summed E-state index contributed by atoms with van der Waals surface area (Å²) in [5.74, 6) is 0. The van der Waals surface area contributed by atoms with Crippen LogP contribution in [0.15, 0.2) is 237 Å². The van der Waals surface area contributed by atoms with E-state index in [-0.39, 0.29) is 6.04 Å². The molecule has 9 aromatic carbocycles. The number of nitrogens with one attached hydrogen (secondary N) is 1. The van der Waals surface area contributed by atoms with Gasteiger partial charge in [0.1, 0.15) is 0 Å². The van der Waals surface area contributed by atoms with Crippen molar-refractivity contribution in [3.63, 3.8) is 0 Å². The second kappa shape index (κ2) is 15.3. The third-order valence-electron chi connectivity index (χ3n) is 12.6. The molecule has 3 heteroatoms. The first-order chi connectivity index (χ1) is 31.2. The highest BCUT2D eigenvalue weighted by Crippen LogP contribution is 2.42. The minimum atomic E-state index is -0.0630. The van der Waals surface area contributed by atoms with Crippen molar-refractivity contribution in [3.8, 4) is 39.2 Å². The van der Waals surface area contributed by atoms with Crippen molar-refractivity contribution in [2.45, 2.75) is 6.04 Å². The lowest BCUT2D eigenvalue weighted by Gasteiger charge is -2.26. The van der Waals surface area contributed by atoms with E-state index in [0.29, 0.717) is 0 Å². The SMILES string of the molecule is C1=C(c2cccc(-n3c4ccccc4c4ccccc43)c2)C=C(c2ccccc2)NC1c1ccc(-c2cc3ccccc3c3c(-c4ccccc4)cc(-c4ccccc4)nc23)cc1. The summed E-state index contributed by atoms with van der Waals surface area (Å²) in [6, 6.07) is 80.7. The van der Waals surface area contributed by atoms with Gasteiger partial charge in [-0.2, -0.15) is 0 Å². The maximum absolute atomic E-state index is 5.49. The molecule has 1 atom stereocenters. The number of aromatic nitrogens is 2. The summed E-state index contributed by atoms with van der Waals surface area (Å²) in [4.78, 5) is 5.49. The second-order valence-electron chi connectivity index (χ2n) is 16.4. The fourth-order valence-corrected chi connectivity index (χ4v) is 9.58. The van der Waals surface area contributed by atoms with Gasteiger partial charge in [0.25, 0.3) is 0 Å². The van der Waals surface area contributed by atoms with E-state index in [0.717, 1.165) is 44.8 Å². The third kappa shape index (κ3) is 6.50. The Labute approximate surface area is 366 Å². The monoisotopic (exact) mass is 803 g/mol. The Hall–Kier alpha value is -8.27. The molecule has 1 aliphatic heterocycles. The van der Waals surface area contributed by atoms with E-state index in [1.54, 1.807) is 0 Å². The van der Waals surface area contributed by atoms with Gasteiger partial charge in [0, 0.05) is 38.7 Å². The Balaban J connectivity index is 0.984. The number of fused-ring (bicyclic) bond motifs is 6. The van der Waals surface area contributed by atoms with Crippen LogP contribution in [0.5, 0.6) is 0 Å². The van der Waals surface area contributed by atoms with Crippen LogP contribution in [0.25, 0.3) is 93.9 Å². The summed E-state index contributed by atoms with van der Waals surface area (Å²) >= 11 is 0. The number of nitrogens with zero attached hydrogens (tertiary/aromatic N) is 2. The molecule has 12 rings (SSSR count). The van der Waals surface area contributed by atoms with Gasteiger partial charge in [-0.25, -0.2) is 4.98 Å². The van der Waals surface area contributed by atoms with Crippen molar-refractivity contribution < 1.29 is 0 Å². The second-order valence-corrected chi connectivity index (χ2v) is 16.4. The molecule has 3 heterocycles. The largest absolute Gasteiger partial charge is 0.374 e. The lowest BCUT2D eigenvalue weighted by Crippen LogP contribution is -2.21. The number of allylic oxidation sites excluding steroid dienone is 2. The molecule has 0 aliphatic carbocycles. The highest BCUT2D eigenvalue weighted by molar-refractivity contribution is 6.18. The molecular weight excluding hydrogens is 763 g/mol. The summed E-state index contributed by atoms with van der Waals surface area (Å²) in [5.41, 5.74) is 17.0. The molecule has 0 saturated heterocycles. The molecule has 1 unspecified atom stereocenters. The van der Waals surface area contributed by atoms with E-state index < -0.39 is 0 Å². The fraction of sp³-hybridized carbons (Fsp3) is 0.0167.